The fraction of sp³-hybridized carbons (Fsp3) is 0.292. The Morgan fingerprint density at radius 1 is 1.17 bits per heavy atom. The van der Waals surface area contributed by atoms with Crippen LogP contribution in [0.2, 0.25) is 0 Å². The van der Waals surface area contributed by atoms with Crippen molar-refractivity contribution >= 4 is 11.3 Å². The molecule has 0 fully saturated rings. The maximum absolute atomic E-state index is 10.2. The fourth-order valence-corrected chi connectivity index (χ4v) is 5.85. The van der Waals surface area contributed by atoms with Crippen molar-refractivity contribution in [1.82, 2.24) is 4.90 Å². The van der Waals surface area contributed by atoms with Gasteiger partial charge in [0.25, 0.3) is 0 Å². The number of aryl methyl sites for hydroxylation is 1. The molecule has 1 aliphatic heterocycles. The van der Waals surface area contributed by atoms with Crippen molar-refractivity contribution in [1.29, 1.82) is 15.8 Å². The van der Waals surface area contributed by atoms with Gasteiger partial charge in [-0.3, -0.25) is 4.90 Å². The van der Waals surface area contributed by atoms with Crippen LogP contribution in [0.25, 0.3) is 0 Å². The fourth-order valence-electron chi connectivity index (χ4n) is 4.69. The van der Waals surface area contributed by atoms with E-state index in [0.29, 0.717) is 18.7 Å². The number of hydrogen-bond donors (Lipinski definition) is 1. The maximum Gasteiger partial charge on any atom is 0.192 e. The summed E-state index contributed by atoms with van der Waals surface area (Å²) in [6, 6.07) is 18.8. The van der Waals surface area contributed by atoms with Crippen molar-refractivity contribution in [2.24, 2.45) is 17.1 Å². The Morgan fingerprint density at radius 3 is 2.50 bits per heavy atom. The standard InChI is InChI=1S/C24H21N5S/c1-16-8-10-30-22(16)21-20-13-29(12-17-5-3-2-4-6-17)9-7-18(20)19(11-25)23(28)24(21,14-26)15-27/h2-8,10,20-21H,9,12-13,28H2,1H3/t20-,21-/m1/s1. The van der Waals surface area contributed by atoms with Gasteiger partial charge in [-0.25, -0.2) is 0 Å². The smallest absolute Gasteiger partial charge is 0.192 e. The van der Waals surface area contributed by atoms with Gasteiger partial charge >= 0.3 is 0 Å². The number of fused-ring (bicyclic) bond motifs is 1. The van der Waals surface area contributed by atoms with Crippen molar-refractivity contribution in [3.63, 3.8) is 0 Å². The Balaban J connectivity index is 1.85. The van der Waals surface area contributed by atoms with Crippen molar-refractivity contribution in [2.75, 3.05) is 13.1 Å². The lowest BCUT2D eigenvalue weighted by atomic mass is 9.59. The first-order valence-corrected chi connectivity index (χ1v) is 10.7. The highest BCUT2D eigenvalue weighted by Crippen LogP contribution is 2.55. The Morgan fingerprint density at radius 2 is 1.90 bits per heavy atom. The van der Waals surface area contributed by atoms with Gasteiger partial charge in [0, 0.05) is 36.3 Å². The summed E-state index contributed by atoms with van der Waals surface area (Å²) in [5.74, 6) is -0.560. The number of allylic oxidation sites excluding steroid dienone is 2. The van der Waals surface area contributed by atoms with E-state index in [0.717, 1.165) is 22.6 Å². The Bertz CT molecular complexity index is 1140. The molecule has 5 nitrogen and oxygen atoms in total. The van der Waals surface area contributed by atoms with E-state index in [1.54, 1.807) is 11.3 Å². The normalized spacial score (nSPS) is 22.9. The van der Waals surface area contributed by atoms with Crippen molar-refractivity contribution in [2.45, 2.75) is 19.4 Å². The molecule has 0 radical (unpaired) electrons. The van der Waals surface area contributed by atoms with Crippen LogP contribution in [-0.2, 0) is 6.54 Å². The highest BCUT2D eigenvalue weighted by Gasteiger charge is 2.55. The number of rotatable bonds is 3. The monoisotopic (exact) mass is 411 g/mol. The molecule has 1 aromatic heterocycles. The molecule has 148 valence electrons. The van der Waals surface area contributed by atoms with Gasteiger partial charge in [0.15, 0.2) is 5.41 Å². The van der Waals surface area contributed by atoms with Gasteiger partial charge in [-0.2, -0.15) is 15.8 Å². The molecule has 30 heavy (non-hydrogen) atoms. The lowest BCUT2D eigenvalue weighted by Crippen LogP contribution is -2.47. The van der Waals surface area contributed by atoms with Crippen LogP contribution in [0.1, 0.15) is 21.9 Å². The molecule has 6 heteroatoms. The number of nitrogens with zero attached hydrogens (tertiary/aromatic N) is 4. The van der Waals surface area contributed by atoms with Gasteiger partial charge in [0.2, 0.25) is 0 Å². The summed E-state index contributed by atoms with van der Waals surface area (Å²) >= 11 is 1.55. The van der Waals surface area contributed by atoms with E-state index in [-0.39, 0.29) is 11.6 Å². The van der Waals surface area contributed by atoms with Crippen molar-refractivity contribution in [3.8, 4) is 18.2 Å². The third kappa shape index (κ3) is 3.01. The largest absolute Gasteiger partial charge is 0.399 e. The summed E-state index contributed by atoms with van der Waals surface area (Å²) in [5, 5.41) is 32.1. The van der Waals surface area contributed by atoms with Crippen LogP contribution < -0.4 is 5.73 Å². The Kier molecular flexibility index (Phi) is 5.18. The van der Waals surface area contributed by atoms with Crippen LogP contribution in [0.4, 0.5) is 0 Å². The minimum Gasteiger partial charge on any atom is -0.399 e. The maximum atomic E-state index is 10.2. The Hall–Kier alpha value is -3.37. The van der Waals surface area contributed by atoms with Crippen LogP contribution >= 0.6 is 11.3 Å². The predicted molar refractivity (Wildman–Crippen MR) is 116 cm³/mol. The molecule has 0 bridgehead atoms. The third-order valence-corrected chi connectivity index (χ3v) is 7.28. The highest BCUT2D eigenvalue weighted by molar-refractivity contribution is 7.10. The first kappa shape index (κ1) is 19.9. The number of benzene rings is 1. The lowest BCUT2D eigenvalue weighted by molar-refractivity contribution is 0.202. The SMILES string of the molecule is Cc1ccsc1[C@H]1[C@@H]2CN(Cc3ccccc3)CC=C2C(C#N)=C(N)C1(C#N)C#N. The zero-order chi connectivity index (χ0) is 21.3. The van der Waals surface area contributed by atoms with Gasteiger partial charge < -0.3 is 5.73 Å². The molecule has 2 atom stereocenters. The molecule has 0 unspecified atom stereocenters. The van der Waals surface area contributed by atoms with Crippen LogP contribution in [0.5, 0.6) is 0 Å². The first-order chi connectivity index (χ1) is 14.6. The van der Waals surface area contributed by atoms with E-state index in [1.165, 1.54) is 5.56 Å². The van der Waals surface area contributed by atoms with Crippen LogP contribution in [0, 0.1) is 52.2 Å². The quantitative estimate of drug-likeness (QED) is 0.823. The van der Waals surface area contributed by atoms with Crippen LogP contribution in [0.15, 0.2) is 64.7 Å². The second-order valence-corrected chi connectivity index (χ2v) is 8.77. The zero-order valence-corrected chi connectivity index (χ0v) is 17.5. The summed E-state index contributed by atoms with van der Waals surface area (Å²) in [6.45, 7) is 4.12. The van der Waals surface area contributed by atoms with E-state index in [9.17, 15) is 15.8 Å². The minimum atomic E-state index is -1.56. The van der Waals surface area contributed by atoms with Gasteiger partial charge in [-0.05, 0) is 35.1 Å². The Labute approximate surface area is 180 Å². The van der Waals surface area contributed by atoms with E-state index in [4.69, 9.17) is 5.73 Å². The van der Waals surface area contributed by atoms with E-state index in [1.807, 2.05) is 36.6 Å². The number of nitrogens with two attached hydrogens (primary N) is 1. The molecule has 2 heterocycles. The topological polar surface area (TPSA) is 101 Å². The van der Waals surface area contributed by atoms with Gasteiger partial charge in [-0.1, -0.05) is 36.4 Å². The average Bonchev–Trinajstić information content (AvgIpc) is 3.19. The van der Waals surface area contributed by atoms with E-state index >= 15 is 0 Å². The van der Waals surface area contributed by atoms with Crippen molar-refractivity contribution < 1.29 is 0 Å². The summed E-state index contributed by atoms with van der Waals surface area (Å²) < 4.78 is 0. The first-order valence-electron chi connectivity index (χ1n) is 9.79. The molecule has 0 amide bonds. The molecule has 0 saturated carbocycles. The number of nitriles is 3. The van der Waals surface area contributed by atoms with Gasteiger partial charge in [0.1, 0.15) is 6.07 Å². The lowest BCUT2D eigenvalue weighted by Gasteiger charge is -2.45. The van der Waals surface area contributed by atoms with Crippen LogP contribution in [-0.4, -0.2) is 18.0 Å². The highest BCUT2D eigenvalue weighted by atomic mass is 32.1. The van der Waals surface area contributed by atoms with Gasteiger partial charge in [-0.15, -0.1) is 11.3 Å². The molecule has 0 spiro atoms. The molecule has 1 aliphatic carbocycles. The van der Waals surface area contributed by atoms with E-state index < -0.39 is 11.3 Å². The molecule has 4 rings (SSSR count). The molecule has 2 aromatic rings. The minimum absolute atomic E-state index is 0.0896. The average molecular weight is 412 g/mol. The summed E-state index contributed by atoms with van der Waals surface area (Å²) in [5.41, 5.74) is 8.32. The predicted octanol–water partition coefficient (Wildman–Crippen LogP) is 3.98. The molecule has 0 saturated heterocycles. The molecular weight excluding hydrogens is 390 g/mol. The summed E-state index contributed by atoms with van der Waals surface area (Å²) in [6.07, 6.45) is 2.05. The summed E-state index contributed by atoms with van der Waals surface area (Å²) in [4.78, 5) is 3.30. The number of thiophene rings is 1. The summed E-state index contributed by atoms with van der Waals surface area (Å²) in [7, 11) is 0. The molecule has 2 N–H and O–H groups in total. The van der Waals surface area contributed by atoms with Crippen LogP contribution in [0.3, 0.4) is 0 Å². The zero-order valence-electron chi connectivity index (χ0n) is 16.7. The second-order valence-electron chi connectivity index (χ2n) is 7.82. The second kappa shape index (κ2) is 7.81. The number of hydrogen-bond acceptors (Lipinski definition) is 6. The molecular formula is C24H21N5S. The van der Waals surface area contributed by atoms with Crippen molar-refractivity contribution in [3.05, 3.63) is 80.7 Å². The third-order valence-electron chi connectivity index (χ3n) is 6.17. The molecule has 1 aromatic carbocycles. The van der Waals surface area contributed by atoms with Gasteiger partial charge in [0.05, 0.1) is 23.4 Å². The molecule has 2 aliphatic rings. The van der Waals surface area contributed by atoms with E-state index in [2.05, 4.69) is 41.3 Å².